The summed E-state index contributed by atoms with van der Waals surface area (Å²) in [6.07, 6.45) is 9.00. The first-order valence-corrected chi connectivity index (χ1v) is 2.05. The van der Waals surface area contributed by atoms with E-state index in [-0.39, 0.29) is 38.6 Å². The molecule has 1 aliphatic rings. The molecule has 0 amide bonds. The fourth-order valence-electron chi connectivity index (χ4n) is 0.510. The van der Waals surface area contributed by atoms with Crippen LogP contribution in [0.5, 0.6) is 0 Å². The number of allylic oxidation sites excluding steroid dienone is 2. The van der Waals surface area contributed by atoms with Crippen LogP contribution in [-0.2, 0) is 26.2 Å². The van der Waals surface area contributed by atoms with Crippen molar-refractivity contribution in [3.05, 3.63) is 12.2 Å². The van der Waals surface area contributed by atoms with Crippen LogP contribution in [0.25, 0.3) is 0 Å². The van der Waals surface area contributed by atoms with Crippen LogP contribution in [0.3, 0.4) is 0 Å². The van der Waals surface area contributed by atoms with Crippen LogP contribution in [0.1, 0.15) is 19.3 Å². The molecule has 0 heterocycles. The SMILES string of the molecule is Cl.[C-]1=CCCC1.[Zr]. The van der Waals surface area contributed by atoms with Crippen molar-refractivity contribution < 1.29 is 26.2 Å². The molecular formula is C5H8ClZr-. The third kappa shape index (κ3) is 4.77. The van der Waals surface area contributed by atoms with Crippen LogP contribution < -0.4 is 0 Å². The van der Waals surface area contributed by atoms with Crippen molar-refractivity contribution in [2.75, 3.05) is 0 Å². The van der Waals surface area contributed by atoms with E-state index in [1.807, 2.05) is 0 Å². The van der Waals surface area contributed by atoms with E-state index in [9.17, 15) is 0 Å². The molecule has 0 unspecified atom stereocenters. The van der Waals surface area contributed by atoms with Gasteiger partial charge in [-0.2, -0.15) is 6.42 Å². The number of rotatable bonds is 0. The summed E-state index contributed by atoms with van der Waals surface area (Å²) in [5.41, 5.74) is 0. The maximum absolute atomic E-state index is 3.10. The van der Waals surface area contributed by atoms with Crippen molar-refractivity contribution in [3.8, 4) is 0 Å². The summed E-state index contributed by atoms with van der Waals surface area (Å²) in [5.74, 6) is 0. The molecule has 0 radical (unpaired) electrons. The van der Waals surface area contributed by atoms with E-state index < -0.39 is 0 Å². The molecule has 0 saturated carbocycles. The Morgan fingerprint density at radius 3 is 2.29 bits per heavy atom. The van der Waals surface area contributed by atoms with Gasteiger partial charge in [0.25, 0.3) is 0 Å². The summed E-state index contributed by atoms with van der Waals surface area (Å²) in [6, 6.07) is 0. The van der Waals surface area contributed by atoms with Crippen molar-refractivity contribution in [2.24, 2.45) is 0 Å². The zero-order valence-corrected chi connectivity index (χ0v) is 7.38. The van der Waals surface area contributed by atoms with E-state index >= 15 is 0 Å². The maximum Gasteiger partial charge on any atom is 0 e. The monoisotopic (exact) mass is 193 g/mol. The Morgan fingerprint density at radius 2 is 2.14 bits per heavy atom. The summed E-state index contributed by atoms with van der Waals surface area (Å²) in [6.45, 7) is 0. The molecule has 40 valence electrons. The third-order valence-electron chi connectivity index (χ3n) is 0.814. The van der Waals surface area contributed by atoms with Gasteiger partial charge in [-0.15, -0.1) is 12.4 Å². The minimum atomic E-state index is 0. The van der Waals surface area contributed by atoms with Gasteiger partial charge in [0.2, 0.25) is 0 Å². The van der Waals surface area contributed by atoms with E-state index in [4.69, 9.17) is 0 Å². The normalized spacial score (nSPS) is 14.9. The predicted octanol–water partition coefficient (Wildman–Crippen LogP) is 1.95. The van der Waals surface area contributed by atoms with Crippen LogP contribution in [0, 0.1) is 6.08 Å². The summed E-state index contributed by atoms with van der Waals surface area (Å²) >= 11 is 0. The zero-order chi connectivity index (χ0) is 3.54. The molecule has 0 aliphatic heterocycles. The van der Waals surface area contributed by atoms with Crippen LogP contribution in [-0.4, -0.2) is 0 Å². The summed E-state index contributed by atoms with van der Waals surface area (Å²) in [7, 11) is 0. The second kappa shape index (κ2) is 6.91. The van der Waals surface area contributed by atoms with Gasteiger partial charge in [0.05, 0.1) is 0 Å². The van der Waals surface area contributed by atoms with E-state index in [2.05, 4.69) is 12.2 Å². The van der Waals surface area contributed by atoms with Crippen molar-refractivity contribution in [1.82, 2.24) is 0 Å². The molecule has 0 atom stereocenters. The molecule has 0 saturated heterocycles. The Labute approximate surface area is 69.9 Å². The molecule has 0 fully saturated rings. The average molecular weight is 195 g/mol. The van der Waals surface area contributed by atoms with Crippen LogP contribution in [0.2, 0.25) is 0 Å². The summed E-state index contributed by atoms with van der Waals surface area (Å²) in [4.78, 5) is 0. The molecule has 2 heteroatoms. The molecule has 1 aliphatic carbocycles. The number of halogens is 1. The van der Waals surface area contributed by atoms with E-state index in [1.165, 1.54) is 19.3 Å². The van der Waals surface area contributed by atoms with Crippen molar-refractivity contribution in [1.29, 1.82) is 0 Å². The largest absolute Gasteiger partial charge is 0.501 e. The third-order valence-corrected chi connectivity index (χ3v) is 0.814. The van der Waals surface area contributed by atoms with Gasteiger partial charge in [-0.25, -0.2) is 0 Å². The van der Waals surface area contributed by atoms with Crippen molar-refractivity contribution in [2.45, 2.75) is 19.3 Å². The average Bonchev–Trinajstić information content (AvgIpc) is 1.76. The van der Waals surface area contributed by atoms with E-state index in [1.54, 1.807) is 0 Å². The van der Waals surface area contributed by atoms with Gasteiger partial charge in [0.1, 0.15) is 0 Å². The molecule has 7 heavy (non-hydrogen) atoms. The molecule has 0 aromatic heterocycles. The number of hydrogen-bond acceptors (Lipinski definition) is 0. The molecule has 0 spiro atoms. The minimum Gasteiger partial charge on any atom is -0.501 e. The summed E-state index contributed by atoms with van der Waals surface area (Å²) < 4.78 is 0. The molecular weight excluding hydrogens is 187 g/mol. The van der Waals surface area contributed by atoms with Gasteiger partial charge >= 0.3 is 0 Å². The molecule has 0 N–H and O–H groups in total. The fraction of sp³-hybridized carbons (Fsp3) is 0.600. The Bertz CT molecular complexity index is 46.0. The van der Waals surface area contributed by atoms with Gasteiger partial charge in [-0.1, -0.05) is 12.8 Å². The van der Waals surface area contributed by atoms with Gasteiger partial charge < -0.3 is 6.08 Å². The number of hydrogen-bond donors (Lipinski definition) is 0. The quantitative estimate of drug-likeness (QED) is 0.518. The minimum absolute atomic E-state index is 0. The van der Waals surface area contributed by atoms with Crippen molar-refractivity contribution >= 4 is 12.4 Å². The first kappa shape index (κ1) is 10.8. The predicted molar refractivity (Wildman–Crippen MR) is 28.9 cm³/mol. The van der Waals surface area contributed by atoms with Gasteiger partial charge in [0, 0.05) is 26.2 Å². The first-order valence-electron chi connectivity index (χ1n) is 2.05. The van der Waals surface area contributed by atoms with Gasteiger partial charge in [-0.05, 0) is 0 Å². The molecule has 0 aromatic carbocycles. The standard InChI is InChI=1S/C5H7.ClH.Zr/c1-2-4-5-3-1;;/h1H,2,4-5H2;1H;/q-1;;. The van der Waals surface area contributed by atoms with Crippen molar-refractivity contribution in [3.63, 3.8) is 0 Å². The summed E-state index contributed by atoms with van der Waals surface area (Å²) in [5, 5.41) is 0. The molecule has 0 nitrogen and oxygen atoms in total. The van der Waals surface area contributed by atoms with E-state index in [0.717, 1.165) is 0 Å². The molecule has 0 aromatic rings. The van der Waals surface area contributed by atoms with Crippen LogP contribution in [0.4, 0.5) is 0 Å². The Morgan fingerprint density at radius 1 is 1.43 bits per heavy atom. The topological polar surface area (TPSA) is 0 Å². The fourth-order valence-corrected chi connectivity index (χ4v) is 0.510. The maximum atomic E-state index is 3.10. The first-order chi connectivity index (χ1) is 2.50. The second-order valence-corrected chi connectivity index (χ2v) is 1.30. The van der Waals surface area contributed by atoms with Gasteiger partial charge in [-0.3, -0.25) is 6.08 Å². The second-order valence-electron chi connectivity index (χ2n) is 1.30. The van der Waals surface area contributed by atoms with E-state index in [0.29, 0.717) is 0 Å². The van der Waals surface area contributed by atoms with Gasteiger partial charge in [0.15, 0.2) is 0 Å². The van der Waals surface area contributed by atoms with Crippen LogP contribution >= 0.6 is 12.4 Å². The Hall–Kier alpha value is 0.913. The smallest absolute Gasteiger partial charge is 0 e. The Kier molecular flexibility index (Phi) is 10.7. The molecule has 1 rings (SSSR count). The Balaban J connectivity index is 0. The van der Waals surface area contributed by atoms with Crippen LogP contribution in [0.15, 0.2) is 6.08 Å². The zero-order valence-electron chi connectivity index (χ0n) is 4.11. The molecule has 0 bridgehead atoms.